The zero-order valence-electron chi connectivity index (χ0n) is 12.5. The zero-order chi connectivity index (χ0) is 14.1. The molecule has 0 aromatic rings. The van der Waals surface area contributed by atoms with Gasteiger partial charge in [-0.05, 0) is 18.3 Å². The molecule has 0 amide bonds. The lowest BCUT2D eigenvalue weighted by Crippen LogP contribution is -2.67. The van der Waals surface area contributed by atoms with Crippen LogP contribution in [0.4, 0.5) is 8.78 Å². The van der Waals surface area contributed by atoms with E-state index in [9.17, 15) is 8.78 Å². The van der Waals surface area contributed by atoms with E-state index in [-0.39, 0.29) is 23.5 Å². The van der Waals surface area contributed by atoms with E-state index in [4.69, 9.17) is 0 Å². The number of halogens is 2. The first kappa shape index (κ1) is 15.2. The predicted octanol–water partition coefficient (Wildman–Crippen LogP) is 3.27. The summed E-state index contributed by atoms with van der Waals surface area (Å²) in [5.74, 6) is 0. The topological polar surface area (TPSA) is 15.3 Å². The highest BCUT2D eigenvalue weighted by molar-refractivity contribution is 5.02. The third-order valence-electron chi connectivity index (χ3n) is 4.80. The normalized spacial score (nSPS) is 29.1. The van der Waals surface area contributed by atoms with Crippen LogP contribution in [0.1, 0.15) is 52.9 Å². The predicted molar refractivity (Wildman–Crippen MR) is 74.6 cm³/mol. The number of rotatable bonds is 2. The molecule has 4 heteroatoms. The molecule has 0 aromatic heterocycles. The molecule has 1 aliphatic carbocycles. The molecule has 112 valence electrons. The Balaban J connectivity index is 2.10. The van der Waals surface area contributed by atoms with Crippen LogP contribution >= 0.6 is 0 Å². The Bertz CT molecular complexity index is 293. The molecule has 1 aliphatic heterocycles. The Morgan fingerprint density at radius 1 is 1.21 bits per heavy atom. The van der Waals surface area contributed by atoms with Gasteiger partial charge in [-0.1, -0.05) is 40.0 Å². The second kappa shape index (κ2) is 5.65. The van der Waals surface area contributed by atoms with Gasteiger partial charge in [-0.15, -0.1) is 0 Å². The van der Waals surface area contributed by atoms with Crippen molar-refractivity contribution in [2.75, 3.05) is 19.6 Å². The quantitative estimate of drug-likeness (QED) is 0.831. The van der Waals surface area contributed by atoms with Gasteiger partial charge in [0.2, 0.25) is 0 Å². The highest BCUT2D eigenvalue weighted by Crippen LogP contribution is 2.35. The minimum absolute atomic E-state index is 0.0398. The summed E-state index contributed by atoms with van der Waals surface area (Å²) in [6.45, 7) is 8.00. The van der Waals surface area contributed by atoms with Gasteiger partial charge in [-0.2, -0.15) is 0 Å². The molecule has 0 aromatic carbocycles. The summed E-state index contributed by atoms with van der Waals surface area (Å²) in [4.78, 5) is 2.05. The van der Waals surface area contributed by atoms with Crippen molar-refractivity contribution in [3.8, 4) is 0 Å². The maximum absolute atomic E-state index is 12.9. The molecule has 2 nitrogen and oxygen atoms in total. The average Bonchev–Trinajstić information content (AvgIpc) is 2.27. The van der Waals surface area contributed by atoms with Gasteiger partial charge >= 0.3 is 0 Å². The first-order valence-corrected chi connectivity index (χ1v) is 7.60. The van der Waals surface area contributed by atoms with E-state index in [1.54, 1.807) is 0 Å². The molecule has 1 atom stereocenters. The standard InChI is InChI=1S/C15H28F2N2/c1-14(2,3)12-9-18-15(7-5-4-6-8-15)11-19(12)10-13(16)17/h12-13,18H,4-11H2,1-3H3. The monoisotopic (exact) mass is 274 g/mol. The van der Waals surface area contributed by atoms with Crippen molar-refractivity contribution in [3.63, 3.8) is 0 Å². The van der Waals surface area contributed by atoms with Crippen molar-refractivity contribution in [1.29, 1.82) is 0 Å². The van der Waals surface area contributed by atoms with Crippen molar-refractivity contribution in [1.82, 2.24) is 10.2 Å². The fourth-order valence-electron chi connectivity index (χ4n) is 3.78. The van der Waals surface area contributed by atoms with Crippen molar-refractivity contribution in [3.05, 3.63) is 0 Å². The molecule has 2 fully saturated rings. The molecule has 1 unspecified atom stereocenters. The zero-order valence-corrected chi connectivity index (χ0v) is 12.5. The first-order valence-electron chi connectivity index (χ1n) is 7.60. The number of hydrogen-bond acceptors (Lipinski definition) is 2. The first-order chi connectivity index (χ1) is 8.82. The maximum Gasteiger partial charge on any atom is 0.251 e. The molecule has 1 saturated carbocycles. The van der Waals surface area contributed by atoms with Crippen LogP contribution in [-0.4, -0.2) is 42.5 Å². The molecule has 0 bridgehead atoms. The second-order valence-corrected chi connectivity index (χ2v) is 7.42. The van der Waals surface area contributed by atoms with E-state index in [2.05, 4.69) is 26.1 Å². The third kappa shape index (κ3) is 3.66. The Morgan fingerprint density at radius 3 is 2.37 bits per heavy atom. The number of piperazine rings is 1. The van der Waals surface area contributed by atoms with E-state index in [1.807, 2.05) is 4.90 Å². The van der Waals surface area contributed by atoms with Gasteiger partial charge in [0.15, 0.2) is 0 Å². The lowest BCUT2D eigenvalue weighted by atomic mass is 9.76. The lowest BCUT2D eigenvalue weighted by Gasteiger charge is -2.53. The fourth-order valence-corrected chi connectivity index (χ4v) is 3.78. The van der Waals surface area contributed by atoms with E-state index in [1.165, 1.54) is 19.3 Å². The van der Waals surface area contributed by atoms with Crippen molar-refractivity contribution >= 4 is 0 Å². The lowest BCUT2D eigenvalue weighted by molar-refractivity contribution is -0.0249. The summed E-state index contributed by atoms with van der Waals surface area (Å²) < 4.78 is 25.7. The minimum atomic E-state index is -2.23. The molecule has 2 aliphatic rings. The second-order valence-electron chi connectivity index (χ2n) is 7.42. The van der Waals surface area contributed by atoms with Crippen LogP contribution in [0.3, 0.4) is 0 Å². The number of nitrogens with zero attached hydrogens (tertiary/aromatic N) is 1. The van der Waals surface area contributed by atoms with Crippen LogP contribution in [0.25, 0.3) is 0 Å². The number of hydrogen-bond donors (Lipinski definition) is 1. The Hall–Kier alpha value is -0.220. The molecule has 0 radical (unpaired) electrons. The summed E-state index contributed by atoms with van der Waals surface area (Å²) in [7, 11) is 0. The summed E-state index contributed by atoms with van der Waals surface area (Å²) in [5.41, 5.74) is 0.146. The largest absolute Gasteiger partial charge is 0.308 e. The molecule has 1 spiro atoms. The maximum atomic E-state index is 12.9. The van der Waals surface area contributed by atoms with Crippen LogP contribution in [-0.2, 0) is 0 Å². The molecular weight excluding hydrogens is 246 g/mol. The number of alkyl halides is 2. The molecule has 1 heterocycles. The van der Waals surface area contributed by atoms with Gasteiger partial charge in [-0.25, -0.2) is 8.78 Å². The summed E-state index contributed by atoms with van der Waals surface area (Å²) in [5, 5.41) is 3.71. The molecule has 1 saturated heterocycles. The molecule has 2 rings (SSSR count). The van der Waals surface area contributed by atoms with E-state index in [0.717, 1.165) is 25.9 Å². The smallest absolute Gasteiger partial charge is 0.251 e. The van der Waals surface area contributed by atoms with Crippen molar-refractivity contribution in [2.45, 2.75) is 70.9 Å². The highest BCUT2D eigenvalue weighted by Gasteiger charge is 2.43. The average molecular weight is 274 g/mol. The van der Waals surface area contributed by atoms with Crippen molar-refractivity contribution in [2.24, 2.45) is 5.41 Å². The summed E-state index contributed by atoms with van der Waals surface area (Å²) >= 11 is 0. The Morgan fingerprint density at radius 2 is 1.84 bits per heavy atom. The fraction of sp³-hybridized carbons (Fsp3) is 1.00. The van der Waals surface area contributed by atoms with Crippen LogP contribution in [0.2, 0.25) is 0 Å². The van der Waals surface area contributed by atoms with E-state index < -0.39 is 6.43 Å². The molecule has 19 heavy (non-hydrogen) atoms. The van der Waals surface area contributed by atoms with Gasteiger partial charge in [0.25, 0.3) is 6.43 Å². The minimum Gasteiger partial charge on any atom is -0.308 e. The van der Waals surface area contributed by atoms with Gasteiger partial charge in [0, 0.05) is 24.7 Å². The highest BCUT2D eigenvalue weighted by atomic mass is 19.3. The molecular formula is C15H28F2N2. The van der Waals surface area contributed by atoms with Crippen LogP contribution in [0, 0.1) is 5.41 Å². The summed E-state index contributed by atoms with van der Waals surface area (Å²) in [6.07, 6.45) is 3.81. The SMILES string of the molecule is CC(C)(C)C1CNC2(CCCCC2)CN1CC(F)F. The Labute approximate surface area is 115 Å². The Kier molecular flexibility index (Phi) is 4.51. The van der Waals surface area contributed by atoms with Gasteiger partial charge < -0.3 is 5.32 Å². The van der Waals surface area contributed by atoms with Crippen LogP contribution in [0.15, 0.2) is 0 Å². The number of nitrogens with one attached hydrogen (secondary N) is 1. The van der Waals surface area contributed by atoms with Crippen LogP contribution < -0.4 is 5.32 Å². The summed E-state index contributed by atoms with van der Waals surface area (Å²) in [6, 6.07) is 0.203. The van der Waals surface area contributed by atoms with Gasteiger partial charge in [0.1, 0.15) is 0 Å². The van der Waals surface area contributed by atoms with Gasteiger partial charge in [-0.3, -0.25) is 4.90 Å². The third-order valence-corrected chi connectivity index (χ3v) is 4.80. The molecule has 1 N–H and O–H groups in total. The van der Waals surface area contributed by atoms with Crippen LogP contribution in [0.5, 0.6) is 0 Å². The van der Waals surface area contributed by atoms with E-state index in [0.29, 0.717) is 0 Å². The van der Waals surface area contributed by atoms with E-state index >= 15 is 0 Å². The van der Waals surface area contributed by atoms with Crippen molar-refractivity contribution < 1.29 is 8.78 Å². The van der Waals surface area contributed by atoms with Gasteiger partial charge in [0.05, 0.1) is 6.54 Å².